The van der Waals surface area contributed by atoms with E-state index in [2.05, 4.69) is 25.4 Å². The second-order valence-corrected chi connectivity index (χ2v) is 5.05. The fraction of sp³-hybridized carbons (Fsp3) is 0.538. The molecule has 0 fully saturated rings. The van der Waals surface area contributed by atoms with Crippen molar-refractivity contribution in [3.05, 3.63) is 18.2 Å². The van der Waals surface area contributed by atoms with Crippen molar-refractivity contribution in [2.75, 3.05) is 29.7 Å². The summed E-state index contributed by atoms with van der Waals surface area (Å²) in [5, 5.41) is 3.42. The van der Waals surface area contributed by atoms with Gasteiger partial charge in [0.25, 0.3) is 0 Å². The maximum Gasteiger partial charge on any atom is 0.123 e. The summed E-state index contributed by atoms with van der Waals surface area (Å²) in [5.41, 5.74) is 7.61. The van der Waals surface area contributed by atoms with Crippen LogP contribution in [0.5, 0.6) is 5.75 Å². The Bertz CT molecular complexity index is 344. The molecule has 0 bridgehead atoms. The lowest BCUT2D eigenvalue weighted by atomic mass is 10.2. The Morgan fingerprint density at radius 2 is 2.18 bits per heavy atom. The summed E-state index contributed by atoms with van der Waals surface area (Å²) < 4.78 is 5.59. The van der Waals surface area contributed by atoms with Gasteiger partial charge < -0.3 is 15.8 Å². The SMILES string of the molecule is CCCOc1cc(N)cc(NC(C)CSC)c1. The Kier molecular flexibility index (Phi) is 6.05. The summed E-state index contributed by atoms with van der Waals surface area (Å²) in [6, 6.07) is 6.23. The van der Waals surface area contributed by atoms with Crippen LogP contribution in [0.25, 0.3) is 0 Å². The van der Waals surface area contributed by atoms with Gasteiger partial charge in [0.2, 0.25) is 0 Å². The third-order valence-electron chi connectivity index (χ3n) is 2.23. The highest BCUT2D eigenvalue weighted by atomic mass is 32.2. The zero-order valence-electron chi connectivity index (χ0n) is 10.8. The van der Waals surface area contributed by atoms with E-state index in [1.165, 1.54) is 0 Å². The molecule has 0 amide bonds. The van der Waals surface area contributed by atoms with Crippen LogP contribution in [-0.2, 0) is 0 Å². The number of benzene rings is 1. The van der Waals surface area contributed by atoms with Crippen molar-refractivity contribution in [3.8, 4) is 5.75 Å². The molecule has 3 nitrogen and oxygen atoms in total. The standard InChI is InChI=1S/C13H22N2OS/c1-4-5-16-13-7-11(14)6-12(8-13)15-10(2)9-17-3/h6-8,10,15H,4-5,9,14H2,1-3H3. The van der Waals surface area contributed by atoms with E-state index in [1.54, 1.807) is 0 Å². The van der Waals surface area contributed by atoms with E-state index in [1.807, 2.05) is 30.0 Å². The van der Waals surface area contributed by atoms with Crippen LogP contribution in [0.2, 0.25) is 0 Å². The minimum absolute atomic E-state index is 0.422. The van der Waals surface area contributed by atoms with Crippen LogP contribution < -0.4 is 15.8 Å². The predicted molar refractivity (Wildman–Crippen MR) is 78.1 cm³/mol. The quantitative estimate of drug-likeness (QED) is 0.733. The van der Waals surface area contributed by atoms with Crippen LogP contribution >= 0.6 is 11.8 Å². The minimum Gasteiger partial charge on any atom is -0.493 e. The van der Waals surface area contributed by atoms with Crippen molar-refractivity contribution < 1.29 is 4.74 Å². The lowest BCUT2D eigenvalue weighted by Crippen LogP contribution is -2.17. The number of hydrogen-bond donors (Lipinski definition) is 2. The lowest BCUT2D eigenvalue weighted by Gasteiger charge is -2.15. The van der Waals surface area contributed by atoms with E-state index < -0.39 is 0 Å². The number of ether oxygens (including phenoxy) is 1. The third-order valence-corrected chi connectivity index (χ3v) is 3.06. The maximum absolute atomic E-state index is 5.86. The number of hydrogen-bond acceptors (Lipinski definition) is 4. The molecule has 4 heteroatoms. The Balaban J connectivity index is 2.67. The van der Waals surface area contributed by atoms with E-state index >= 15 is 0 Å². The molecule has 1 aromatic rings. The Morgan fingerprint density at radius 1 is 1.41 bits per heavy atom. The molecular weight excluding hydrogens is 232 g/mol. The van der Waals surface area contributed by atoms with Crippen LogP contribution in [0, 0.1) is 0 Å². The predicted octanol–water partition coefficient (Wildman–Crippen LogP) is 3.22. The summed E-state index contributed by atoms with van der Waals surface area (Å²) in [5.74, 6) is 1.91. The molecule has 1 atom stereocenters. The summed E-state index contributed by atoms with van der Waals surface area (Å²) in [7, 11) is 0. The van der Waals surface area contributed by atoms with Crippen molar-refractivity contribution in [1.82, 2.24) is 0 Å². The molecule has 0 aliphatic carbocycles. The largest absolute Gasteiger partial charge is 0.493 e. The highest BCUT2D eigenvalue weighted by Crippen LogP contribution is 2.23. The summed E-state index contributed by atoms with van der Waals surface area (Å²) in [6.07, 6.45) is 3.10. The van der Waals surface area contributed by atoms with Gasteiger partial charge in [-0.1, -0.05) is 6.92 Å². The molecule has 0 aromatic heterocycles. The van der Waals surface area contributed by atoms with Crippen LogP contribution in [0.4, 0.5) is 11.4 Å². The number of nitrogens with two attached hydrogens (primary N) is 1. The Labute approximate surface area is 108 Å². The first-order valence-electron chi connectivity index (χ1n) is 5.94. The number of rotatable bonds is 7. The number of nitrogen functional groups attached to an aromatic ring is 1. The molecule has 1 rings (SSSR count). The molecule has 96 valence electrons. The fourth-order valence-electron chi connectivity index (χ4n) is 1.58. The van der Waals surface area contributed by atoms with E-state index in [0.29, 0.717) is 6.04 Å². The first-order chi connectivity index (χ1) is 8.15. The minimum atomic E-state index is 0.422. The first kappa shape index (κ1) is 14.0. The number of anilines is 2. The number of nitrogens with one attached hydrogen (secondary N) is 1. The summed E-state index contributed by atoms with van der Waals surface area (Å²) in [6.45, 7) is 4.97. The lowest BCUT2D eigenvalue weighted by molar-refractivity contribution is 0.318. The van der Waals surface area contributed by atoms with Gasteiger partial charge in [-0.3, -0.25) is 0 Å². The van der Waals surface area contributed by atoms with Crippen molar-refractivity contribution >= 4 is 23.1 Å². The molecule has 0 aliphatic rings. The van der Waals surface area contributed by atoms with E-state index in [0.717, 1.165) is 35.9 Å². The van der Waals surface area contributed by atoms with E-state index in [-0.39, 0.29) is 0 Å². The molecule has 0 heterocycles. The molecular formula is C13H22N2OS. The molecule has 0 saturated heterocycles. The van der Waals surface area contributed by atoms with Gasteiger partial charge >= 0.3 is 0 Å². The third kappa shape index (κ3) is 5.22. The normalized spacial score (nSPS) is 12.2. The molecule has 0 saturated carbocycles. The van der Waals surface area contributed by atoms with Gasteiger partial charge in [-0.05, 0) is 25.7 Å². The monoisotopic (exact) mass is 254 g/mol. The Hall–Kier alpha value is -1.03. The smallest absolute Gasteiger partial charge is 0.123 e. The van der Waals surface area contributed by atoms with Gasteiger partial charge in [-0.25, -0.2) is 0 Å². The van der Waals surface area contributed by atoms with Gasteiger partial charge in [0.1, 0.15) is 5.75 Å². The van der Waals surface area contributed by atoms with Gasteiger partial charge in [0.15, 0.2) is 0 Å². The molecule has 3 N–H and O–H groups in total. The van der Waals surface area contributed by atoms with Crippen molar-refractivity contribution in [3.63, 3.8) is 0 Å². The van der Waals surface area contributed by atoms with Gasteiger partial charge in [-0.2, -0.15) is 11.8 Å². The Morgan fingerprint density at radius 3 is 2.82 bits per heavy atom. The second kappa shape index (κ2) is 7.33. The average Bonchev–Trinajstić information content (AvgIpc) is 2.25. The second-order valence-electron chi connectivity index (χ2n) is 4.14. The van der Waals surface area contributed by atoms with Crippen molar-refractivity contribution in [2.24, 2.45) is 0 Å². The fourth-order valence-corrected chi connectivity index (χ4v) is 2.17. The maximum atomic E-state index is 5.86. The van der Waals surface area contributed by atoms with Crippen LogP contribution in [0.15, 0.2) is 18.2 Å². The van der Waals surface area contributed by atoms with Crippen molar-refractivity contribution in [1.29, 1.82) is 0 Å². The average molecular weight is 254 g/mol. The van der Waals surface area contributed by atoms with Crippen LogP contribution in [-0.4, -0.2) is 24.7 Å². The van der Waals surface area contributed by atoms with Crippen molar-refractivity contribution in [2.45, 2.75) is 26.3 Å². The molecule has 0 aliphatic heterocycles. The highest BCUT2D eigenvalue weighted by molar-refractivity contribution is 7.98. The summed E-state index contributed by atoms with van der Waals surface area (Å²) >= 11 is 1.83. The number of thioether (sulfide) groups is 1. The van der Waals surface area contributed by atoms with Gasteiger partial charge in [0, 0.05) is 35.3 Å². The van der Waals surface area contributed by atoms with Crippen LogP contribution in [0.3, 0.4) is 0 Å². The zero-order valence-corrected chi connectivity index (χ0v) is 11.6. The van der Waals surface area contributed by atoms with Gasteiger partial charge in [0.05, 0.1) is 6.61 Å². The topological polar surface area (TPSA) is 47.3 Å². The first-order valence-corrected chi connectivity index (χ1v) is 7.34. The molecule has 1 unspecified atom stereocenters. The van der Waals surface area contributed by atoms with Crippen LogP contribution in [0.1, 0.15) is 20.3 Å². The molecule has 17 heavy (non-hydrogen) atoms. The van der Waals surface area contributed by atoms with E-state index in [4.69, 9.17) is 10.5 Å². The zero-order chi connectivity index (χ0) is 12.7. The highest BCUT2D eigenvalue weighted by Gasteiger charge is 2.04. The van der Waals surface area contributed by atoms with E-state index in [9.17, 15) is 0 Å². The molecule has 0 spiro atoms. The summed E-state index contributed by atoms with van der Waals surface area (Å²) in [4.78, 5) is 0. The molecule has 0 radical (unpaired) electrons. The van der Waals surface area contributed by atoms with Gasteiger partial charge in [-0.15, -0.1) is 0 Å². The molecule has 1 aromatic carbocycles.